The number of hydrogen-bond donors (Lipinski definition) is 16. The van der Waals surface area contributed by atoms with Gasteiger partial charge in [0.1, 0.15) is 54.6 Å². The molecule has 7 rings (SSSR count). The van der Waals surface area contributed by atoms with Crippen LogP contribution in [0.5, 0.6) is 5.75 Å². The second-order valence-corrected chi connectivity index (χ2v) is 31.5. The van der Waals surface area contributed by atoms with Gasteiger partial charge in [-0.3, -0.25) is 67.1 Å². The van der Waals surface area contributed by atoms with E-state index in [-0.39, 0.29) is 98.9 Å². The molecule has 9 atom stereocenters. The van der Waals surface area contributed by atoms with E-state index < -0.39 is 120 Å². The van der Waals surface area contributed by atoms with Gasteiger partial charge in [-0.2, -0.15) is 0 Å². The Balaban J connectivity index is 1.00. The van der Waals surface area contributed by atoms with Crippen LogP contribution >= 0.6 is 0 Å². The minimum Gasteiger partial charge on any atom is -0.508 e. The summed E-state index contributed by atoms with van der Waals surface area (Å²) >= 11 is 0. The predicted octanol–water partition coefficient (Wildman–Crippen LogP) is 3.94. The van der Waals surface area contributed by atoms with Gasteiger partial charge in [0.25, 0.3) is 5.56 Å². The molecule has 0 aliphatic carbocycles. The molecule has 34 nitrogen and oxygen atoms in total. The maximum absolute atomic E-state index is 15.0. The Morgan fingerprint density at radius 1 is 0.588 bits per heavy atom. The highest BCUT2D eigenvalue weighted by atomic mass is 16.3. The highest BCUT2D eigenvalue weighted by Gasteiger charge is 2.37. The third kappa shape index (κ3) is 31.7. The Hall–Kier alpha value is -11.5. The number of amides is 11. The van der Waals surface area contributed by atoms with Crippen LogP contribution in [0.25, 0.3) is 21.8 Å². The smallest absolute Gasteiger partial charge is 0.261 e. The van der Waals surface area contributed by atoms with Crippen molar-refractivity contribution in [2.24, 2.45) is 39.8 Å². The first-order valence-corrected chi connectivity index (χ1v) is 42.2. The number of aromatic nitrogens is 5. The zero-order chi connectivity index (χ0) is 86.3. The SMILES string of the molecule is CCCCCCCCCCCCCCCC(=O)NCCCC[C@H](NC(=O)[C@@H](N)[C@@H](C)CC)C(=O)N1CCN(c2ccc3ncn(CC(=O)N[C@@H](CCCN=C(N)N)C(=O)N[C@@H](Cc4cnc[nH]4)C(=O)N[C@@H](Cc4ccc(O)cc4)C(=O)N[C@@H](CC(C)C)C(=O)N[C@@H](CC(N)=O)C(=O)N[C@@H](Cc4c[nH]c5ccccc45)C(=O)NC)c(=O)c3c2)CC1. The number of rotatable bonds is 53. The van der Waals surface area contributed by atoms with Crippen molar-refractivity contribution in [2.75, 3.05) is 51.2 Å². The number of phenolic OH excluding ortho intramolecular Hbond substituents is 1. The molecule has 0 bridgehead atoms. The molecule has 6 aromatic rings. The molecular formula is C85H127N21O13. The molecule has 1 saturated heterocycles. The number of primary amides is 1. The summed E-state index contributed by atoms with van der Waals surface area (Å²) in [7, 11) is 1.39. The number of unbranched alkanes of at least 4 members (excludes halogenated alkanes) is 13. The molecule has 11 amide bonds. The molecule has 0 unspecified atom stereocenters. The first-order chi connectivity index (χ1) is 57.1. The van der Waals surface area contributed by atoms with Crippen molar-refractivity contribution >= 4 is 98.4 Å². The van der Waals surface area contributed by atoms with E-state index in [1.54, 1.807) is 43.1 Å². The van der Waals surface area contributed by atoms with Crippen molar-refractivity contribution in [3.05, 3.63) is 119 Å². The molecule has 3 aromatic carbocycles. The van der Waals surface area contributed by atoms with E-state index in [2.05, 4.69) is 79.7 Å². The fourth-order valence-corrected chi connectivity index (χ4v) is 14.4. The van der Waals surface area contributed by atoms with E-state index >= 15 is 0 Å². The zero-order valence-electron chi connectivity index (χ0n) is 69.9. The van der Waals surface area contributed by atoms with E-state index in [0.717, 1.165) is 34.7 Å². The van der Waals surface area contributed by atoms with Crippen molar-refractivity contribution in [2.45, 2.75) is 250 Å². The molecule has 4 heterocycles. The lowest BCUT2D eigenvalue weighted by Crippen LogP contribution is -2.60. The Morgan fingerprint density at radius 2 is 1.18 bits per heavy atom. The number of phenols is 1. The fraction of sp³-hybridized carbons (Fsp3) is 0.565. The molecule has 1 aliphatic heterocycles. The number of carbonyl (C=O) groups excluding carboxylic acids is 11. The van der Waals surface area contributed by atoms with Crippen molar-refractivity contribution in [3.63, 3.8) is 0 Å². The van der Waals surface area contributed by atoms with Crippen molar-refractivity contribution in [3.8, 4) is 5.75 Å². The van der Waals surface area contributed by atoms with Crippen LogP contribution in [0.2, 0.25) is 0 Å². The first-order valence-electron chi connectivity index (χ1n) is 42.2. The number of H-pyrrole nitrogens is 2. The number of guanidine groups is 1. The number of aliphatic imine (C=N–C) groups is 1. The van der Waals surface area contributed by atoms with Gasteiger partial charge in [-0.1, -0.05) is 148 Å². The zero-order valence-corrected chi connectivity index (χ0v) is 69.9. The van der Waals surface area contributed by atoms with E-state index in [9.17, 15) is 62.6 Å². The molecule has 3 aromatic heterocycles. The minimum atomic E-state index is -1.64. The molecule has 20 N–H and O–H groups in total. The van der Waals surface area contributed by atoms with Gasteiger partial charge in [0.15, 0.2) is 5.96 Å². The van der Waals surface area contributed by atoms with Gasteiger partial charge >= 0.3 is 0 Å². The highest BCUT2D eigenvalue weighted by molar-refractivity contribution is 5.99. The second-order valence-electron chi connectivity index (χ2n) is 31.5. The standard InChI is InChI=1S/C85H127N21O13/c1-7-9-10-11-12-13-14-15-16-17-18-19-20-30-73(109)92-37-24-23-28-66(98-82(117)75(87)55(5)8-2)84(119)105-41-39-104(40-42-105)59-33-36-64-62(47-59)83(118)106(53-96-64)51-74(110)97-65(29-25-38-93-85(88)89)77(112)102-70(46-58-50-91-52-95-58)80(115)100-68(44-56-31-34-60(107)35-32-56)79(114)99-67(43-54(3)4)78(113)103-71(48-72(86)108)81(116)101-69(76(111)90-6)45-57-49-94-63-27-22-21-26-61(57)63/h21-22,26-27,31-36,47,49-50,52-55,65-71,75,94,107H,7-20,23-25,28-30,37-46,48,51,87H2,1-6H3,(H2,86,108)(H,90,111)(H,91,95)(H,92,109)(H,97,110)(H,98,117)(H,99,114)(H,100,115)(H,101,116)(H,102,112)(H,103,113)(H4,88,89,93)/t55-,65-,66-,67-,68-,69-,70-,71-,75-/m0/s1. The Morgan fingerprint density at radius 3 is 1.80 bits per heavy atom. The van der Waals surface area contributed by atoms with E-state index in [1.165, 1.54) is 114 Å². The van der Waals surface area contributed by atoms with E-state index in [4.69, 9.17) is 22.9 Å². The number of benzene rings is 3. The lowest BCUT2D eigenvalue weighted by Gasteiger charge is -2.38. The number of anilines is 1. The van der Waals surface area contributed by atoms with Crippen LogP contribution in [0.3, 0.4) is 0 Å². The molecule has 1 fully saturated rings. The molecule has 0 radical (unpaired) electrons. The molecule has 119 heavy (non-hydrogen) atoms. The summed E-state index contributed by atoms with van der Waals surface area (Å²) in [5.41, 5.74) is 25.9. The first kappa shape index (κ1) is 94.7. The fourth-order valence-electron chi connectivity index (χ4n) is 14.4. The number of aromatic hydroxyl groups is 1. The molecule has 0 spiro atoms. The summed E-state index contributed by atoms with van der Waals surface area (Å²) in [5.74, 6) is -8.31. The predicted molar refractivity (Wildman–Crippen MR) is 456 cm³/mol. The van der Waals surface area contributed by atoms with Crippen LogP contribution in [0.1, 0.15) is 193 Å². The van der Waals surface area contributed by atoms with Gasteiger partial charge in [0, 0.05) is 107 Å². The number of nitrogens with one attached hydrogen (secondary N) is 11. The highest BCUT2D eigenvalue weighted by Crippen LogP contribution is 2.24. The van der Waals surface area contributed by atoms with Crippen LogP contribution in [0.15, 0.2) is 102 Å². The van der Waals surface area contributed by atoms with Gasteiger partial charge in [-0.25, -0.2) is 9.97 Å². The largest absolute Gasteiger partial charge is 0.508 e. The third-order valence-electron chi connectivity index (χ3n) is 21.6. The van der Waals surface area contributed by atoms with Gasteiger partial charge in [-0.15, -0.1) is 0 Å². The summed E-state index contributed by atoms with van der Waals surface area (Å²) in [4.78, 5) is 191. The Bertz CT molecular complexity index is 4370. The second kappa shape index (κ2) is 49.7. The normalized spacial score (nSPS) is 14.4. The van der Waals surface area contributed by atoms with Crippen molar-refractivity contribution < 1.29 is 57.8 Å². The van der Waals surface area contributed by atoms with Crippen molar-refractivity contribution in [1.82, 2.24) is 77.3 Å². The average molecular weight is 1650 g/mol. The maximum atomic E-state index is 15.0. The van der Waals surface area contributed by atoms with E-state index in [0.29, 0.717) is 79.8 Å². The number of carbonyl (C=O) groups is 11. The number of hydrogen-bond acceptors (Lipinski definition) is 18. The topological polar surface area (TPSA) is 519 Å². The number of para-hydroxylation sites is 1. The van der Waals surface area contributed by atoms with Crippen molar-refractivity contribution in [1.29, 1.82) is 0 Å². The van der Waals surface area contributed by atoms with E-state index in [1.807, 2.05) is 43.0 Å². The van der Waals surface area contributed by atoms with Crippen LogP contribution in [0.4, 0.5) is 5.69 Å². The number of fused-ring (bicyclic) bond motifs is 2. The van der Waals surface area contributed by atoms with Crippen LogP contribution in [-0.4, -0.2) is 200 Å². The molecule has 1 aliphatic rings. The third-order valence-corrected chi connectivity index (χ3v) is 21.6. The monoisotopic (exact) mass is 1650 g/mol. The lowest BCUT2D eigenvalue weighted by atomic mass is 9.98. The number of piperazine rings is 1. The minimum absolute atomic E-state index is 0.00910. The number of nitrogens with zero attached hydrogens (tertiary/aromatic N) is 6. The summed E-state index contributed by atoms with van der Waals surface area (Å²) < 4.78 is 1.08. The Labute approximate surface area is 696 Å². The van der Waals surface area contributed by atoms with Gasteiger partial charge in [0.05, 0.1) is 36.0 Å². The van der Waals surface area contributed by atoms with Gasteiger partial charge < -0.3 is 95.7 Å². The van der Waals surface area contributed by atoms with Gasteiger partial charge in [0.2, 0.25) is 65.0 Å². The van der Waals surface area contributed by atoms with Crippen LogP contribution < -0.4 is 81.2 Å². The summed E-state index contributed by atoms with van der Waals surface area (Å²) in [5, 5.41) is 35.8. The number of nitrogens with two attached hydrogens (primary N) is 4. The average Bonchev–Trinajstić information content (AvgIpc) is 1.35. The maximum Gasteiger partial charge on any atom is 0.261 e. The molecule has 34 heteroatoms. The number of imidazole rings is 1. The Kier molecular flexibility index (Phi) is 39.5. The number of likely N-dealkylation sites (N-methyl/N-ethyl adjacent to an activating group) is 1. The van der Waals surface area contributed by atoms with Crippen LogP contribution in [0, 0.1) is 11.8 Å². The summed E-state index contributed by atoms with van der Waals surface area (Å²) in [6.45, 7) is 10.8. The summed E-state index contributed by atoms with van der Waals surface area (Å²) in [6, 6.07) is 7.85. The summed E-state index contributed by atoms with van der Waals surface area (Å²) in [6.07, 6.45) is 23.0. The molecular weight excluding hydrogens is 1520 g/mol. The molecule has 0 saturated carbocycles. The molecule has 650 valence electrons. The number of aromatic amines is 2. The quantitative estimate of drug-likeness (QED) is 0.0146. The lowest BCUT2D eigenvalue weighted by molar-refractivity contribution is -0.137. The van der Waals surface area contributed by atoms with Gasteiger partial charge in [-0.05, 0) is 104 Å². The van der Waals surface area contributed by atoms with Crippen LogP contribution in [-0.2, 0) is 78.5 Å².